The van der Waals surface area contributed by atoms with E-state index in [1.54, 1.807) is 18.5 Å². The van der Waals surface area contributed by atoms with Crippen molar-refractivity contribution < 1.29 is 9.53 Å². The van der Waals surface area contributed by atoms with Crippen LogP contribution in [0.15, 0.2) is 36.7 Å². The van der Waals surface area contributed by atoms with Gasteiger partial charge in [-0.3, -0.25) is 9.78 Å². The fourth-order valence-electron chi connectivity index (χ4n) is 2.01. The molecule has 0 fully saturated rings. The highest BCUT2D eigenvalue weighted by Gasteiger charge is 2.12. The van der Waals surface area contributed by atoms with Crippen LogP contribution in [0.1, 0.15) is 34.0 Å². The van der Waals surface area contributed by atoms with Crippen LogP contribution in [-0.4, -0.2) is 17.4 Å². The molecule has 2 aromatic rings. The maximum atomic E-state index is 12.4. The highest BCUT2D eigenvalue weighted by atomic mass is 16.5. The molecular weight excluding hydrogens is 238 g/mol. The smallest absolute Gasteiger partial charge is 0.194 e. The zero-order chi connectivity index (χ0) is 13.8. The van der Waals surface area contributed by atoms with Crippen LogP contribution in [0.2, 0.25) is 0 Å². The first kappa shape index (κ1) is 13.3. The second kappa shape index (κ2) is 5.65. The minimum absolute atomic E-state index is 0.0217. The Morgan fingerprint density at radius 2 is 2.00 bits per heavy atom. The average Bonchev–Trinajstić information content (AvgIpc) is 2.39. The van der Waals surface area contributed by atoms with Gasteiger partial charge in [0.15, 0.2) is 5.78 Å². The second-order valence-electron chi connectivity index (χ2n) is 4.49. The second-order valence-corrected chi connectivity index (χ2v) is 4.49. The van der Waals surface area contributed by atoms with Crippen LogP contribution in [-0.2, 0) is 0 Å². The quantitative estimate of drug-likeness (QED) is 0.787. The van der Waals surface area contributed by atoms with E-state index < -0.39 is 0 Å². The summed E-state index contributed by atoms with van der Waals surface area (Å²) >= 11 is 0. The first-order valence-corrected chi connectivity index (χ1v) is 6.31. The molecule has 0 bridgehead atoms. The molecule has 0 unspecified atom stereocenters. The van der Waals surface area contributed by atoms with Crippen LogP contribution in [0.4, 0.5) is 0 Å². The highest BCUT2D eigenvalue weighted by molar-refractivity contribution is 6.09. The molecule has 1 aromatic carbocycles. The molecule has 2 rings (SSSR count). The molecule has 0 radical (unpaired) electrons. The molecule has 0 aliphatic rings. The molecule has 0 N–H and O–H groups in total. The van der Waals surface area contributed by atoms with Crippen molar-refractivity contribution >= 4 is 5.78 Å². The van der Waals surface area contributed by atoms with Crippen molar-refractivity contribution in [2.45, 2.75) is 20.8 Å². The fraction of sp³-hybridized carbons (Fsp3) is 0.250. The third kappa shape index (κ3) is 2.99. The van der Waals surface area contributed by atoms with Crippen molar-refractivity contribution in [2.24, 2.45) is 0 Å². The van der Waals surface area contributed by atoms with Crippen molar-refractivity contribution in [2.75, 3.05) is 6.61 Å². The molecule has 3 nitrogen and oxygen atoms in total. The van der Waals surface area contributed by atoms with E-state index in [1.165, 1.54) is 0 Å². The van der Waals surface area contributed by atoms with Gasteiger partial charge in [-0.2, -0.15) is 0 Å². The maximum absolute atomic E-state index is 12.4. The van der Waals surface area contributed by atoms with Gasteiger partial charge in [0, 0.05) is 17.3 Å². The first-order valence-electron chi connectivity index (χ1n) is 6.31. The predicted octanol–water partition coefficient (Wildman–Crippen LogP) is 3.33. The number of nitrogens with zero attached hydrogens (tertiary/aromatic N) is 1. The van der Waals surface area contributed by atoms with Crippen molar-refractivity contribution in [3.8, 4) is 5.75 Å². The number of carbonyl (C=O) groups is 1. The number of aromatic nitrogens is 1. The number of ether oxygens (including phenoxy) is 1. The number of benzene rings is 1. The molecular formula is C16H17NO2. The minimum Gasteiger partial charge on any atom is -0.492 e. The Kier molecular flexibility index (Phi) is 3.95. The molecule has 1 aromatic heterocycles. The molecule has 0 spiro atoms. The lowest BCUT2D eigenvalue weighted by Gasteiger charge is -2.07. The molecule has 98 valence electrons. The Hall–Kier alpha value is -2.16. The Morgan fingerprint density at radius 3 is 2.68 bits per heavy atom. The molecule has 0 saturated heterocycles. The Bertz CT molecular complexity index is 605. The topological polar surface area (TPSA) is 39.2 Å². The van der Waals surface area contributed by atoms with Crippen LogP contribution < -0.4 is 4.74 Å². The number of hydrogen-bond donors (Lipinski definition) is 0. The van der Waals surface area contributed by atoms with Crippen molar-refractivity contribution in [1.82, 2.24) is 4.98 Å². The van der Waals surface area contributed by atoms with Crippen molar-refractivity contribution in [1.29, 1.82) is 0 Å². The van der Waals surface area contributed by atoms with Crippen molar-refractivity contribution in [3.05, 3.63) is 58.9 Å². The number of carbonyl (C=O) groups excluding carboxylic acids is 1. The number of aryl methyl sites for hydroxylation is 2. The van der Waals surface area contributed by atoms with E-state index in [0.29, 0.717) is 23.5 Å². The number of ketones is 1. The first-order chi connectivity index (χ1) is 9.11. The fourth-order valence-corrected chi connectivity index (χ4v) is 2.01. The summed E-state index contributed by atoms with van der Waals surface area (Å²) in [5.74, 6) is 0.602. The lowest BCUT2D eigenvalue weighted by Crippen LogP contribution is -2.05. The van der Waals surface area contributed by atoms with Crippen LogP contribution >= 0.6 is 0 Å². The van der Waals surface area contributed by atoms with Crippen molar-refractivity contribution in [3.63, 3.8) is 0 Å². The molecule has 0 atom stereocenters. The summed E-state index contributed by atoms with van der Waals surface area (Å²) < 4.78 is 5.37. The van der Waals surface area contributed by atoms with Gasteiger partial charge in [0.1, 0.15) is 5.75 Å². The van der Waals surface area contributed by atoms with E-state index in [0.717, 1.165) is 11.1 Å². The predicted molar refractivity (Wildman–Crippen MR) is 74.8 cm³/mol. The number of hydrogen-bond acceptors (Lipinski definition) is 3. The summed E-state index contributed by atoms with van der Waals surface area (Å²) in [4.78, 5) is 16.5. The lowest BCUT2D eigenvalue weighted by atomic mass is 9.98. The summed E-state index contributed by atoms with van der Waals surface area (Å²) in [6.45, 7) is 6.42. The van der Waals surface area contributed by atoms with Gasteiger partial charge in [0.2, 0.25) is 0 Å². The van der Waals surface area contributed by atoms with Gasteiger partial charge in [-0.05, 0) is 32.4 Å². The van der Waals surface area contributed by atoms with Gasteiger partial charge in [-0.15, -0.1) is 0 Å². The third-order valence-corrected chi connectivity index (χ3v) is 2.91. The highest BCUT2D eigenvalue weighted by Crippen LogP contribution is 2.18. The van der Waals surface area contributed by atoms with Gasteiger partial charge in [-0.1, -0.05) is 23.8 Å². The van der Waals surface area contributed by atoms with Gasteiger partial charge < -0.3 is 4.74 Å². The van der Waals surface area contributed by atoms with E-state index in [4.69, 9.17) is 4.74 Å². The molecule has 3 heteroatoms. The zero-order valence-electron chi connectivity index (χ0n) is 11.4. The Balaban J connectivity index is 2.35. The molecule has 0 aliphatic heterocycles. The molecule has 19 heavy (non-hydrogen) atoms. The van der Waals surface area contributed by atoms with Crippen LogP contribution in [0.3, 0.4) is 0 Å². The van der Waals surface area contributed by atoms with Gasteiger partial charge in [0.25, 0.3) is 0 Å². The van der Waals surface area contributed by atoms with Crippen LogP contribution in [0, 0.1) is 13.8 Å². The Labute approximate surface area is 113 Å². The van der Waals surface area contributed by atoms with Crippen LogP contribution in [0.25, 0.3) is 0 Å². The number of pyridine rings is 1. The summed E-state index contributed by atoms with van der Waals surface area (Å²) in [6.07, 6.45) is 3.19. The Morgan fingerprint density at radius 1 is 1.21 bits per heavy atom. The van der Waals surface area contributed by atoms with E-state index in [-0.39, 0.29) is 5.78 Å². The molecule has 0 saturated carbocycles. The summed E-state index contributed by atoms with van der Waals surface area (Å²) in [5.41, 5.74) is 3.39. The molecule has 0 amide bonds. The normalized spacial score (nSPS) is 10.3. The zero-order valence-corrected chi connectivity index (χ0v) is 11.4. The molecule has 0 aliphatic carbocycles. The standard InChI is InChI=1S/C16H17NO2/c1-4-19-14-8-13(9-17-10-14)16(18)15-6-5-11(2)7-12(15)3/h5-10H,4H2,1-3H3. The summed E-state index contributed by atoms with van der Waals surface area (Å²) in [5, 5.41) is 0. The monoisotopic (exact) mass is 255 g/mol. The third-order valence-electron chi connectivity index (χ3n) is 2.91. The number of rotatable bonds is 4. The van der Waals surface area contributed by atoms with Crippen LogP contribution in [0.5, 0.6) is 5.75 Å². The van der Waals surface area contributed by atoms with Gasteiger partial charge in [-0.25, -0.2) is 0 Å². The van der Waals surface area contributed by atoms with E-state index in [9.17, 15) is 4.79 Å². The summed E-state index contributed by atoms with van der Waals surface area (Å²) in [6, 6.07) is 7.55. The summed E-state index contributed by atoms with van der Waals surface area (Å²) in [7, 11) is 0. The minimum atomic E-state index is -0.0217. The van der Waals surface area contributed by atoms with Gasteiger partial charge >= 0.3 is 0 Å². The van der Waals surface area contributed by atoms with Gasteiger partial charge in [0.05, 0.1) is 12.8 Å². The average molecular weight is 255 g/mol. The lowest BCUT2D eigenvalue weighted by molar-refractivity contribution is 0.103. The van der Waals surface area contributed by atoms with E-state index >= 15 is 0 Å². The SMILES string of the molecule is CCOc1cncc(C(=O)c2ccc(C)cc2C)c1. The maximum Gasteiger partial charge on any atom is 0.194 e. The van der Waals surface area contributed by atoms with E-state index in [1.807, 2.05) is 39.0 Å². The molecule has 1 heterocycles. The largest absolute Gasteiger partial charge is 0.492 e. The van der Waals surface area contributed by atoms with E-state index in [2.05, 4.69) is 4.98 Å².